The lowest BCUT2D eigenvalue weighted by Gasteiger charge is -2.60. The molecule has 1 aliphatic heterocycles. The summed E-state index contributed by atoms with van der Waals surface area (Å²) in [5.74, 6) is 1.30. The average molecular weight is 299 g/mol. The highest BCUT2D eigenvalue weighted by atomic mass is 19.1. The van der Waals surface area contributed by atoms with Crippen LogP contribution in [0.25, 0.3) is 0 Å². The van der Waals surface area contributed by atoms with Gasteiger partial charge in [0.05, 0.1) is 5.71 Å². The molecule has 1 aromatic rings. The minimum absolute atomic E-state index is 0.202. The number of benzene rings is 1. The number of hydrogen-bond acceptors (Lipinski definition) is 2. The summed E-state index contributed by atoms with van der Waals surface area (Å²) in [4.78, 5) is 6.08. The van der Waals surface area contributed by atoms with Crippen molar-refractivity contribution in [2.75, 3.05) is 0 Å². The van der Waals surface area contributed by atoms with E-state index in [1.165, 1.54) is 5.56 Å². The predicted molar refractivity (Wildman–Crippen MR) is 83.5 cm³/mol. The first-order chi connectivity index (χ1) is 10.6. The van der Waals surface area contributed by atoms with E-state index >= 15 is 0 Å². The van der Waals surface area contributed by atoms with Crippen LogP contribution in [0.2, 0.25) is 0 Å². The number of alkyl halides is 1. The molecule has 116 valence electrons. The van der Waals surface area contributed by atoms with E-state index in [4.69, 9.17) is 4.84 Å². The van der Waals surface area contributed by atoms with E-state index in [0.717, 1.165) is 37.0 Å². The second-order valence-corrected chi connectivity index (χ2v) is 8.12. The zero-order chi connectivity index (χ0) is 14.9. The minimum Gasteiger partial charge on any atom is -0.388 e. The smallest absolute Gasteiger partial charge is 0.149 e. The van der Waals surface area contributed by atoms with Crippen molar-refractivity contribution in [1.29, 1.82) is 0 Å². The van der Waals surface area contributed by atoms with Gasteiger partial charge in [-0.15, -0.1) is 0 Å². The third-order valence-electron chi connectivity index (χ3n) is 6.65. The van der Waals surface area contributed by atoms with E-state index in [9.17, 15) is 4.39 Å². The molecule has 0 radical (unpaired) electrons. The standard InChI is InChI=1S/C19H22FNO/c1-12-2-4-14(5-3-12)17-11-19(22-21-17)15-6-13-7-16(19)10-18(20,8-13)9-15/h2-5,13,15-16H,6-11H2,1H3/t13?,15-,16+,18?,19?. The molecule has 1 aromatic carbocycles. The highest BCUT2D eigenvalue weighted by Crippen LogP contribution is 2.64. The van der Waals surface area contributed by atoms with Crippen LogP contribution in [0.15, 0.2) is 29.4 Å². The monoisotopic (exact) mass is 299 g/mol. The molecular weight excluding hydrogens is 277 g/mol. The summed E-state index contributed by atoms with van der Waals surface area (Å²) in [6.07, 6.45) is 5.32. The molecular formula is C19H22FNO. The lowest BCUT2D eigenvalue weighted by Crippen LogP contribution is -2.62. The highest BCUT2D eigenvalue weighted by molar-refractivity contribution is 6.01. The van der Waals surface area contributed by atoms with Gasteiger partial charge in [-0.1, -0.05) is 35.0 Å². The maximum atomic E-state index is 14.9. The van der Waals surface area contributed by atoms with E-state index < -0.39 is 5.67 Å². The van der Waals surface area contributed by atoms with Gasteiger partial charge in [0.15, 0.2) is 0 Å². The second-order valence-electron chi connectivity index (χ2n) is 8.12. The summed E-state index contributed by atoms with van der Waals surface area (Å²) in [5.41, 5.74) is 2.36. The summed E-state index contributed by atoms with van der Waals surface area (Å²) < 4.78 is 14.9. The van der Waals surface area contributed by atoms with Crippen molar-refractivity contribution in [2.45, 2.75) is 56.7 Å². The molecule has 3 heteroatoms. The molecule has 0 amide bonds. The highest BCUT2D eigenvalue weighted by Gasteiger charge is 2.66. The first kappa shape index (κ1) is 13.1. The molecule has 22 heavy (non-hydrogen) atoms. The van der Waals surface area contributed by atoms with E-state index in [-0.39, 0.29) is 5.60 Å². The lowest BCUT2D eigenvalue weighted by molar-refractivity contribution is -0.217. The van der Waals surface area contributed by atoms with Gasteiger partial charge < -0.3 is 4.84 Å². The van der Waals surface area contributed by atoms with Crippen LogP contribution in [-0.4, -0.2) is 17.0 Å². The third-order valence-corrected chi connectivity index (χ3v) is 6.65. The Morgan fingerprint density at radius 3 is 2.41 bits per heavy atom. The molecule has 5 aliphatic rings. The van der Waals surface area contributed by atoms with Crippen LogP contribution in [0.5, 0.6) is 0 Å². The zero-order valence-corrected chi connectivity index (χ0v) is 13.0. The Balaban J connectivity index is 1.45. The summed E-state index contributed by atoms with van der Waals surface area (Å²) in [6.45, 7) is 2.09. The van der Waals surface area contributed by atoms with Crippen molar-refractivity contribution >= 4 is 5.71 Å². The molecule has 0 N–H and O–H groups in total. The predicted octanol–water partition coefficient (Wildman–Crippen LogP) is 4.41. The largest absolute Gasteiger partial charge is 0.388 e. The van der Waals surface area contributed by atoms with Crippen molar-refractivity contribution in [1.82, 2.24) is 0 Å². The molecule has 0 aromatic heterocycles. The van der Waals surface area contributed by atoms with Crippen LogP contribution in [0, 0.1) is 24.7 Å². The molecule has 5 atom stereocenters. The van der Waals surface area contributed by atoms with Crippen molar-refractivity contribution in [3.63, 3.8) is 0 Å². The molecule has 4 saturated carbocycles. The van der Waals surface area contributed by atoms with Gasteiger partial charge in [-0.25, -0.2) is 4.39 Å². The molecule has 4 fully saturated rings. The van der Waals surface area contributed by atoms with Gasteiger partial charge >= 0.3 is 0 Å². The Bertz CT molecular complexity index is 634. The summed E-state index contributed by atoms with van der Waals surface area (Å²) in [6, 6.07) is 8.50. The fraction of sp³-hybridized carbons (Fsp3) is 0.632. The molecule has 4 aliphatic carbocycles. The van der Waals surface area contributed by atoms with Crippen LogP contribution >= 0.6 is 0 Å². The van der Waals surface area contributed by atoms with E-state index in [1.807, 2.05) is 0 Å². The average Bonchev–Trinajstić information content (AvgIpc) is 2.90. The molecule has 4 bridgehead atoms. The van der Waals surface area contributed by atoms with Crippen molar-refractivity contribution < 1.29 is 9.23 Å². The molecule has 1 spiro atoms. The quantitative estimate of drug-likeness (QED) is 0.753. The number of rotatable bonds is 1. The van der Waals surface area contributed by atoms with Gasteiger partial charge in [-0.2, -0.15) is 0 Å². The van der Waals surface area contributed by atoms with Crippen LogP contribution in [0.1, 0.15) is 49.7 Å². The van der Waals surface area contributed by atoms with Crippen LogP contribution in [-0.2, 0) is 4.84 Å². The van der Waals surface area contributed by atoms with E-state index in [2.05, 4.69) is 36.3 Å². The Hall–Kier alpha value is -1.38. The molecule has 3 unspecified atom stereocenters. The number of hydrogen-bond donors (Lipinski definition) is 0. The number of halogens is 1. The van der Waals surface area contributed by atoms with Gasteiger partial charge in [0, 0.05) is 18.3 Å². The summed E-state index contributed by atoms with van der Waals surface area (Å²) in [5, 5.41) is 4.45. The van der Waals surface area contributed by atoms with Crippen LogP contribution in [0.4, 0.5) is 4.39 Å². The number of oxime groups is 1. The topological polar surface area (TPSA) is 21.6 Å². The zero-order valence-electron chi connectivity index (χ0n) is 13.0. The van der Waals surface area contributed by atoms with Gasteiger partial charge in [0.25, 0.3) is 0 Å². The second kappa shape index (κ2) is 4.12. The SMILES string of the molecule is Cc1ccc(C2=NOC3(C2)[C@@H]2CC4C[C@H]3CC(F)(C4)C2)cc1. The fourth-order valence-corrected chi connectivity index (χ4v) is 5.77. The van der Waals surface area contributed by atoms with Crippen LogP contribution < -0.4 is 0 Å². The summed E-state index contributed by atoms with van der Waals surface area (Å²) >= 11 is 0. The number of aryl methyl sites for hydroxylation is 1. The minimum atomic E-state index is -0.905. The molecule has 2 nitrogen and oxygen atoms in total. The lowest BCUT2D eigenvalue weighted by atomic mass is 9.48. The Morgan fingerprint density at radius 2 is 1.77 bits per heavy atom. The van der Waals surface area contributed by atoms with E-state index in [0.29, 0.717) is 30.6 Å². The van der Waals surface area contributed by atoms with Crippen LogP contribution in [0.3, 0.4) is 0 Å². The fourth-order valence-electron chi connectivity index (χ4n) is 5.77. The first-order valence-corrected chi connectivity index (χ1v) is 8.57. The molecule has 1 heterocycles. The van der Waals surface area contributed by atoms with E-state index in [1.54, 1.807) is 0 Å². The maximum Gasteiger partial charge on any atom is 0.149 e. The Morgan fingerprint density at radius 1 is 1.09 bits per heavy atom. The van der Waals surface area contributed by atoms with Gasteiger partial charge in [-0.05, 0) is 50.5 Å². The van der Waals surface area contributed by atoms with Crippen molar-refractivity contribution in [3.8, 4) is 0 Å². The van der Waals surface area contributed by atoms with Crippen molar-refractivity contribution in [2.24, 2.45) is 22.9 Å². The molecule has 6 rings (SSSR count). The normalized spacial score (nSPS) is 45.2. The Kier molecular flexibility index (Phi) is 2.45. The number of nitrogens with zero attached hydrogens (tertiary/aromatic N) is 1. The summed E-state index contributed by atoms with van der Waals surface area (Å²) in [7, 11) is 0. The van der Waals surface area contributed by atoms with Crippen molar-refractivity contribution in [3.05, 3.63) is 35.4 Å². The molecule has 0 saturated heterocycles. The third kappa shape index (κ3) is 1.68. The first-order valence-electron chi connectivity index (χ1n) is 8.57. The van der Waals surface area contributed by atoms with Gasteiger partial charge in [0.2, 0.25) is 0 Å². The maximum absolute atomic E-state index is 14.9. The Labute approximate surface area is 130 Å². The van der Waals surface area contributed by atoms with Gasteiger partial charge in [0.1, 0.15) is 11.3 Å². The van der Waals surface area contributed by atoms with Gasteiger partial charge in [-0.3, -0.25) is 0 Å².